The number of halogens is 3. The van der Waals surface area contributed by atoms with Crippen LogP contribution in [0, 0.1) is 0 Å². The summed E-state index contributed by atoms with van der Waals surface area (Å²) in [6.07, 6.45) is -4.02. The van der Waals surface area contributed by atoms with Gasteiger partial charge in [0, 0.05) is 27.7 Å². The van der Waals surface area contributed by atoms with Gasteiger partial charge in [-0.3, -0.25) is 0 Å². The molecule has 0 saturated carbocycles. The Morgan fingerprint density at radius 2 is 1.60 bits per heavy atom. The second kappa shape index (κ2) is 6.53. The van der Waals surface area contributed by atoms with Crippen molar-refractivity contribution in [3.63, 3.8) is 0 Å². The van der Waals surface area contributed by atoms with Crippen molar-refractivity contribution in [3.8, 4) is 0 Å². The fourth-order valence-electron chi connectivity index (χ4n) is 1.01. The van der Waals surface area contributed by atoms with Crippen LogP contribution in [0.1, 0.15) is 19.3 Å². The maximum atomic E-state index is 11.8. The van der Waals surface area contributed by atoms with E-state index in [2.05, 4.69) is 19.6 Å². The van der Waals surface area contributed by atoms with Gasteiger partial charge in [0.2, 0.25) is 0 Å². The fraction of sp³-hybridized carbons (Fsp3) is 1.00. The number of hydrogen-bond donors (Lipinski definition) is 0. The third-order valence-corrected chi connectivity index (χ3v) is 3.70. The molecule has 0 unspecified atom stereocenters. The van der Waals surface area contributed by atoms with E-state index in [1.165, 1.54) is 0 Å². The van der Waals surface area contributed by atoms with Crippen molar-refractivity contribution in [2.24, 2.45) is 0 Å². The summed E-state index contributed by atoms with van der Waals surface area (Å²) in [6.45, 7) is 7.91. The maximum Gasteiger partial charge on any atom is 0.389 e. The highest BCUT2D eigenvalue weighted by atomic mass is 28.3. The lowest BCUT2D eigenvalue weighted by molar-refractivity contribution is -0.136. The molecule has 0 bridgehead atoms. The zero-order chi connectivity index (χ0) is 11.9. The van der Waals surface area contributed by atoms with E-state index in [-0.39, 0.29) is 6.42 Å². The molecule has 15 heavy (non-hydrogen) atoms. The van der Waals surface area contributed by atoms with E-state index in [1.54, 1.807) is 0 Å². The summed E-state index contributed by atoms with van der Waals surface area (Å²) in [7, 11) is -1.06. The fourth-order valence-corrected chi connectivity index (χ4v) is 1.77. The molecule has 0 heterocycles. The first-order valence-electron chi connectivity index (χ1n) is 5.35. The van der Waals surface area contributed by atoms with Gasteiger partial charge in [-0.2, -0.15) is 13.2 Å². The smallest absolute Gasteiger partial charge is 0.382 e. The zero-order valence-electron chi connectivity index (χ0n) is 9.78. The maximum absolute atomic E-state index is 11.8. The Kier molecular flexibility index (Phi) is 6.51. The van der Waals surface area contributed by atoms with Crippen molar-refractivity contribution < 1.29 is 17.9 Å². The van der Waals surface area contributed by atoms with Crippen molar-refractivity contribution >= 4 is 8.07 Å². The van der Waals surface area contributed by atoms with Gasteiger partial charge in [0.15, 0.2) is 0 Å². The van der Waals surface area contributed by atoms with Gasteiger partial charge >= 0.3 is 6.18 Å². The highest BCUT2D eigenvalue weighted by molar-refractivity contribution is 6.76. The van der Waals surface area contributed by atoms with Crippen LogP contribution < -0.4 is 0 Å². The Labute approximate surface area is 91.0 Å². The molecule has 0 aliphatic heterocycles. The molecule has 0 spiro atoms. The van der Waals surface area contributed by atoms with Gasteiger partial charge in [0.25, 0.3) is 0 Å². The topological polar surface area (TPSA) is 9.23 Å². The van der Waals surface area contributed by atoms with Crippen LogP contribution in [0.15, 0.2) is 0 Å². The van der Waals surface area contributed by atoms with Gasteiger partial charge in [-0.15, -0.1) is 0 Å². The van der Waals surface area contributed by atoms with E-state index < -0.39 is 20.7 Å². The molecule has 0 amide bonds. The van der Waals surface area contributed by atoms with Crippen LogP contribution in [0.3, 0.4) is 0 Å². The molecule has 5 heteroatoms. The summed E-state index contributed by atoms with van der Waals surface area (Å²) < 4.78 is 40.5. The lowest BCUT2D eigenvalue weighted by atomic mass is 10.2. The highest BCUT2D eigenvalue weighted by Crippen LogP contribution is 2.22. The van der Waals surface area contributed by atoms with Crippen LogP contribution in [0.2, 0.25) is 25.7 Å². The van der Waals surface area contributed by atoms with Crippen LogP contribution in [0.4, 0.5) is 13.2 Å². The number of alkyl halides is 3. The minimum absolute atomic E-state index is 0.177. The van der Waals surface area contributed by atoms with E-state index in [4.69, 9.17) is 4.74 Å². The van der Waals surface area contributed by atoms with E-state index in [9.17, 15) is 13.2 Å². The predicted octanol–water partition coefficient (Wildman–Crippen LogP) is 4.07. The summed E-state index contributed by atoms with van der Waals surface area (Å²) in [5.74, 6) is 0. The Morgan fingerprint density at radius 3 is 2.07 bits per heavy atom. The first-order chi connectivity index (χ1) is 6.71. The molecule has 0 N–H and O–H groups in total. The van der Waals surface area contributed by atoms with Crippen LogP contribution in [0.25, 0.3) is 0 Å². The number of unbranched alkanes of at least 4 members (excludes halogenated alkanes) is 1. The average Bonchev–Trinajstić information content (AvgIpc) is 1.98. The first-order valence-corrected chi connectivity index (χ1v) is 9.06. The molecule has 1 nitrogen and oxygen atoms in total. The second-order valence-corrected chi connectivity index (χ2v) is 10.6. The molecule has 0 aliphatic carbocycles. The zero-order valence-corrected chi connectivity index (χ0v) is 10.8. The molecule has 0 aromatic rings. The monoisotopic (exact) mass is 242 g/mol. The Balaban J connectivity index is 3.20. The van der Waals surface area contributed by atoms with E-state index in [0.29, 0.717) is 19.6 Å². The third-order valence-electron chi connectivity index (χ3n) is 2.00. The summed E-state index contributed by atoms with van der Waals surface area (Å²) in [5.41, 5.74) is 0. The first kappa shape index (κ1) is 15.0. The summed E-state index contributed by atoms with van der Waals surface area (Å²) in [4.78, 5) is 0. The molecule has 0 aromatic heterocycles. The molecular weight excluding hydrogens is 221 g/mol. The van der Waals surface area contributed by atoms with Gasteiger partial charge in [-0.25, -0.2) is 0 Å². The largest absolute Gasteiger partial charge is 0.389 e. The second-order valence-electron chi connectivity index (χ2n) is 5.00. The highest BCUT2D eigenvalue weighted by Gasteiger charge is 2.25. The number of ether oxygens (including phenoxy) is 1. The summed E-state index contributed by atoms with van der Waals surface area (Å²) in [5, 5.41) is 0. The van der Waals surface area contributed by atoms with E-state index in [1.807, 2.05) is 0 Å². The lowest BCUT2D eigenvalue weighted by Gasteiger charge is -2.15. The summed E-state index contributed by atoms with van der Waals surface area (Å²) in [6, 6.07) is 1.08. The number of rotatable bonds is 7. The van der Waals surface area contributed by atoms with Crippen LogP contribution in [0.5, 0.6) is 0 Å². The molecule has 0 atom stereocenters. The minimum Gasteiger partial charge on any atom is -0.382 e. The normalized spacial score (nSPS) is 13.2. The van der Waals surface area contributed by atoms with Gasteiger partial charge in [-0.05, 0) is 18.9 Å². The lowest BCUT2D eigenvalue weighted by Crippen LogP contribution is -2.21. The van der Waals surface area contributed by atoms with Crippen LogP contribution in [-0.4, -0.2) is 27.5 Å². The van der Waals surface area contributed by atoms with E-state index in [0.717, 1.165) is 6.04 Å². The van der Waals surface area contributed by atoms with E-state index >= 15 is 0 Å². The van der Waals surface area contributed by atoms with Crippen LogP contribution >= 0.6 is 0 Å². The molecule has 0 saturated heterocycles. The molecule has 92 valence electrons. The van der Waals surface area contributed by atoms with Gasteiger partial charge in [0.1, 0.15) is 0 Å². The summed E-state index contributed by atoms with van der Waals surface area (Å²) >= 11 is 0. The van der Waals surface area contributed by atoms with Crippen LogP contribution in [-0.2, 0) is 4.74 Å². The van der Waals surface area contributed by atoms with Crippen molar-refractivity contribution in [2.75, 3.05) is 13.2 Å². The van der Waals surface area contributed by atoms with Gasteiger partial charge in [0.05, 0.1) is 0 Å². The van der Waals surface area contributed by atoms with Crippen molar-refractivity contribution in [1.29, 1.82) is 0 Å². The third kappa shape index (κ3) is 14.0. The standard InChI is InChI=1S/C10H21F3OSi/c1-15(2,3)9-8-14-7-5-4-6-10(11,12)13/h4-9H2,1-3H3. The molecule has 0 aromatic carbocycles. The Hall–Kier alpha value is -0.0331. The average molecular weight is 242 g/mol. The SMILES string of the molecule is C[Si](C)(C)CCOCCCCC(F)(F)F. The van der Waals surface area contributed by atoms with Crippen molar-refractivity contribution in [2.45, 2.75) is 51.1 Å². The number of hydrogen-bond acceptors (Lipinski definition) is 1. The molecule has 0 radical (unpaired) electrons. The molecule has 0 fully saturated rings. The Morgan fingerprint density at radius 1 is 1.00 bits per heavy atom. The molecule has 0 aliphatic rings. The Bertz CT molecular complexity index is 145. The molecular formula is C10H21F3OSi. The van der Waals surface area contributed by atoms with Crippen molar-refractivity contribution in [3.05, 3.63) is 0 Å². The van der Waals surface area contributed by atoms with Crippen molar-refractivity contribution in [1.82, 2.24) is 0 Å². The quantitative estimate of drug-likeness (QED) is 0.483. The minimum atomic E-state index is -4.02. The predicted molar refractivity (Wildman–Crippen MR) is 58.9 cm³/mol. The van der Waals surface area contributed by atoms with Gasteiger partial charge in [-0.1, -0.05) is 19.6 Å². The molecule has 0 rings (SSSR count). The van der Waals surface area contributed by atoms with Gasteiger partial charge < -0.3 is 4.74 Å².